The quantitative estimate of drug-likeness (QED) is 0.428. The van der Waals surface area contributed by atoms with Crippen molar-refractivity contribution in [3.63, 3.8) is 0 Å². The second-order valence-electron chi connectivity index (χ2n) is 6.27. The summed E-state index contributed by atoms with van der Waals surface area (Å²) in [7, 11) is -6.64. The van der Waals surface area contributed by atoms with Gasteiger partial charge in [0.25, 0.3) is 26.0 Å². The van der Waals surface area contributed by atoms with E-state index in [1.807, 2.05) is 6.92 Å². The summed E-state index contributed by atoms with van der Waals surface area (Å²) in [6.07, 6.45) is -1.01. The summed E-state index contributed by atoms with van der Waals surface area (Å²) in [4.78, 5) is 11.6. The number of carbonyl (C=O) groups is 1. The molecule has 0 saturated heterocycles. The number of ether oxygens (including phenoxy) is 1. The molecule has 2 heterocycles. The molecule has 1 amide bonds. The lowest BCUT2D eigenvalue weighted by Crippen LogP contribution is -2.43. The zero-order valence-corrected chi connectivity index (χ0v) is 18.3. The average molecular weight is 456 g/mol. The van der Waals surface area contributed by atoms with Crippen LogP contribution in [0.15, 0.2) is 14.5 Å². The van der Waals surface area contributed by atoms with Crippen molar-refractivity contribution in [2.75, 3.05) is 33.4 Å². The van der Waals surface area contributed by atoms with Crippen LogP contribution in [-0.2, 0) is 29.6 Å². The Bertz CT molecular complexity index is 909. The number of aliphatic hydroxyl groups is 1. The minimum atomic E-state index is -4.30. The summed E-state index contributed by atoms with van der Waals surface area (Å²) in [6.45, 7) is 4.38. The highest BCUT2D eigenvalue weighted by molar-refractivity contribution is 7.94. The Hall–Kier alpha value is -1.09. The molecule has 0 spiro atoms. The van der Waals surface area contributed by atoms with Gasteiger partial charge >= 0.3 is 0 Å². The van der Waals surface area contributed by atoms with Crippen molar-refractivity contribution >= 4 is 37.3 Å². The Morgan fingerprint density at radius 3 is 2.75 bits per heavy atom. The molecule has 2 atom stereocenters. The zero-order chi connectivity index (χ0) is 21.1. The first kappa shape index (κ1) is 23.2. The largest absolute Gasteiger partial charge is 0.385 e. The van der Waals surface area contributed by atoms with Crippen LogP contribution in [-0.4, -0.2) is 71.6 Å². The number of methoxy groups -OCH3 is 1. The second kappa shape index (κ2) is 9.15. The van der Waals surface area contributed by atoms with E-state index in [0.29, 0.717) is 36.5 Å². The first-order valence-corrected chi connectivity index (χ1v) is 12.4. The Balaban J connectivity index is 2.43. The van der Waals surface area contributed by atoms with Gasteiger partial charge in [0, 0.05) is 38.4 Å². The molecule has 0 aliphatic carbocycles. The number of thiophene rings is 1. The predicted molar refractivity (Wildman–Crippen MR) is 103 cm³/mol. The van der Waals surface area contributed by atoms with Crippen molar-refractivity contribution in [3.05, 3.63) is 11.6 Å². The van der Waals surface area contributed by atoms with E-state index in [4.69, 9.17) is 4.74 Å². The van der Waals surface area contributed by atoms with Gasteiger partial charge in [-0.3, -0.25) is 4.79 Å². The second-order valence-corrected chi connectivity index (χ2v) is 11.4. The first-order chi connectivity index (χ1) is 13.0. The number of hydrogen-bond acceptors (Lipinski definition) is 9. The number of carbonyl (C=O) groups excluding carboxylic acids is 1. The molecule has 13 heteroatoms. The minimum absolute atomic E-state index is 0.0630. The number of nitrogens with one attached hydrogen (secondary N) is 2. The highest BCUT2D eigenvalue weighted by Crippen LogP contribution is 2.40. The van der Waals surface area contributed by atoms with E-state index >= 15 is 0 Å². The molecule has 0 saturated carbocycles. The Labute approximate surface area is 169 Å². The third-order valence-electron chi connectivity index (χ3n) is 4.12. The summed E-state index contributed by atoms with van der Waals surface area (Å²) in [5.74, 6) is -1.08. The highest BCUT2D eigenvalue weighted by Gasteiger charge is 2.40. The van der Waals surface area contributed by atoms with Gasteiger partial charge in [0.2, 0.25) is 0 Å². The highest BCUT2D eigenvalue weighted by atomic mass is 32.3. The molecular formula is C15H25N3O7S3. The number of fused-ring (bicyclic) bond motifs is 1. The Morgan fingerprint density at radius 1 is 1.50 bits per heavy atom. The summed E-state index contributed by atoms with van der Waals surface area (Å²) in [5.41, 5.74) is 0.361. The number of rotatable bonds is 9. The molecule has 1 aromatic heterocycles. The van der Waals surface area contributed by atoms with Gasteiger partial charge in [-0.1, -0.05) is 6.92 Å². The van der Waals surface area contributed by atoms with Crippen molar-refractivity contribution in [2.45, 2.75) is 40.8 Å². The van der Waals surface area contributed by atoms with Gasteiger partial charge in [-0.05, 0) is 26.0 Å². The Morgan fingerprint density at radius 2 is 2.18 bits per heavy atom. The summed E-state index contributed by atoms with van der Waals surface area (Å²) < 4.78 is 58.5. The molecule has 1 aromatic rings. The van der Waals surface area contributed by atoms with Crippen LogP contribution in [0.1, 0.15) is 31.9 Å². The maximum Gasteiger partial charge on any atom is 0.273 e. The van der Waals surface area contributed by atoms with Crippen LogP contribution in [0.25, 0.3) is 0 Å². The minimum Gasteiger partial charge on any atom is -0.385 e. The van der Waals surface area contributed by atoms with E-state index in [1.165, 1.54) is 17.5 Å². The molecule has 10 nitrogen and oxygen atoms in total. The number of nitrogens with zero attached hydrogens (tertiary/aromatic N) is 1. The molecule has 0 radical (unpaired) electrons. The molecule has 0 unspecified atom stereocenters. The smallest absolute Gasteiger partial charge is 0.273 e. The molecule has 0 fully saturated rings. The van der Waals surface area contributed by atoms with Crippen LogP contribution in [0, 0.1) is 0 Å². The fourth-order valence-electron chi connectivity index (χ4n) is 2.75. The van der Waals surface area contributed by atoms with Gasteiger partial charge < -0.3 is 15.2 Å². The van der Waals surface area contributed by atoms with Gasteiger partial charge in [0.1, 0.15) is 14.5 Å². The fourth-order valence-corrected chi connectivity index (χ4v) is 7.68. The van der Waals surface area contributed by atoms with Crippen LogP contribution in [0.2, 0.25) is 0 Å². The van der Waals surface area contributed by atoms with Crippen LogP contribution in [0.4, 0.5) is 0 Å². The molecule has 3 N–H and O–H groups in total. The third-order valence-corrected chi connectivity index (χ3v) is 9.49. The SMILES string of the molecule is CCN[C@H]1CN(CCCOC)S(=O)(=O)c2sc(S(=O)(=O)NC(=O)[C@H](C)O)cc21. The van der Waals surface area contributed by atoms with Gasteiger partial charge in [-0.25, -0.2) is 21.6 Å². The number of amides is 1. The van der Waals surface area contributed by atoms with Crippen molar-refractivity contribution in [3.8, 4) is 0 Å². The maximum atomic E-state index is 13.0. The molecule has 1 aliphatic heterocycles. The van der Waals surface area contributed by atoms with Crippen LogP contribution < -0.4 is 10.0 Å². The number of hydrogen-bond donors (Lipinski definition) is 3. The van der Waals surface area contributed by atoms with E-state index in [-0.39, 0.29) is 27.5 Å². The topological polar surface area (TPSA) is 142 Å². The lowest BCUT2D eigenvalue weighted by Gasteiger charge is -2.32. The van der Waals surface area contributed by atoms with E-state index in [2.05, 4.69) is 5.32 Å². The fraction of sp³-hybridized carbons (Fsp3) is 0.667. The zero-order valence-electron chi connectivity index (χ0n) is 15.8. The van der Waals surface area contributed by atoms with Crippen LogP contribution >= 0.6 is 11.3 Å². The molecule has 28 heavy (non-hydrogen) atoms. The number of likely N-dealkylation sites (N-methyl/N-ethyl adjacent to an activating group) is 1. The molecule has 2 rings (SSSR count). The van der Waals surface area contributed by atoms with Crippen molar-refractivity contribution in [1.82, 2.24) is 14.3 Å². The maximum absolute atomic E-state index is 13.0. The molecule has 160 valence electrons. The standard InChI is InChI=1S/C15H25N3O7S3/c1-4-16-12-9-18(6-5-7-25-3)28(23,24)15-11(12)8-13(26-15)27(21,22)17-14(20)10(2)19/h8,10,12,16,19H,4-7,9H2,1-3H3,(H,17,20)/t10-,12-/m0/s1. The van der Waals surface area contributed by atoms with Crippen LogP contribution in [0.3, 0.4) is 0 Å². The number of sulfonamides is 2. The normalized spacial score (nSPS) is 20.5. The van der Waals surface area contributed by atoms with Crippen LogP contribution in [0.5, 0.6) is 0 Å². The first-order valence-electron chi connectivity index (χ1n) is 8.65. The van der Waals surface area contributed by atoms with Gasteiger partial charge in [0.15, 0.2) is 0 Å². The van der Waals surface area contributed by atoms with Gasteiger partial charge in [-0.2, -0.15) is 4.31 Å². The summed E-state index contributed by atoms with van der Waals surface area (Å²) >= 11 is 0.590. The van der Waals surface area contributed by atoms with E-state index < -0.39 is 32.1 Å². The number of aliphatic hydroxyl groups excluding tert-OH is 1. The van der Waals surface area contributed by atoms with Crippen molar-refractivity contribution in [1.29, 1.82) is 0 Å². The molecule has 0 bridgehead atoms. The molecule has 0 aromatic carbocycles. The van der Waals surface area contributed by atoms with Crippen molar-refractivity contribution < 1.29 is 31.5 Å². The predicted octanol–water partition coefficient (Wildman–Crippen LogP) is -0.375. The lowest BCUT2D eigenvalue weighted by molar-refractivity contribution is -0.126. The van der Waals surface area contributed by atoms with E-state index in [1.54, 1.807) is 4.72 Å². The third kappa shape index (κ3) is 4.90. The van der Waals surface area contributed by atoms with Gasteiger partial charge in [0.05, 0.1) is 0 Å². The molecular weight excluding hydrogens is 430 g/mol. The van der Waals surface area contributed by atoms with E-state index in [9.17, 15) is 26.7 Å². The summed E-state index contributed by atoms with van der Waals surface area (Å²) in [6, 6.07) is 0.897. The summed E-state index contributed by atoms with van der Waals surface area (Å²) in [5, 5.41) is 12.4. The van der Waals surface area contributed by atoms with E-state index in [0.717, 1.165) is 6.92 Å². The average Bonchev–Trinajstić information content (AvgIpc) is 3.06. The molecule has 1 aliphatic rings. The Kier molecular flexibility index (Phi) is 7.58. The lowest BCUT2D eigenvalue weighted by atomic mass is 10.1. The van der Waals surface area contributed by atoms with Gasteiger partial charge in [-0.15, -0.1) is 11.3 Å². The monoisotopic (exact) mass is 455 g/mol. The van der Waals surface area contributed by atoms with Crippen molar-refractivity contribution in [2.24, 2.45) is 0 Å².